The molecule has 1 aliphatic carbocycles. The number of nitriles is 1. The lowest BCUT2D eigenvalue weighted by Crippen LogP contribution is -2.04. The summed E-state index contributed by atoms with van der Waals surface area (Å²) in [5, 5.41) is 14.2. The molecule has 0 spiro atoms. The average Bonchev–Trinajstić information content (AvgIpc) is 3.74. The van der Waals surface area contributed by atoms with Crippen molar-refractivity contribution in [3.05, 3.63) is 170 Å². The molecular formula is C47H31N5. The fourth-order valence-corrected chi connectivity index (χ4v) is 7.81. The van der Waals surface area contributed by atoms with Gasteiger partial charge in [0.15, 0.2) is 0 Å². The molecule has 0 saturated carbocycles. The van der Waals surface area contributed by atoms with Crippen LogP contribution >= 0.6 is 0 Å². The van der Waals surface area contributed by atoms with Crippen LogP contribution in [-0.4, -0.2) is 19.1 Å². The molecule has 0 fully saturated rings. The number of aromatic nitrogens is 4. The molecule has 10 rings (SSSR count). The van der Waals surface area contributed by atoms with E-state index >= 15 is 0 Å². The predicted octanol–water partition coefficient (Wildman–Crippen LogP) is 11.6. The lowest BCUT2D eigenvalue weighted by atomic mass is 9.98. The monoisotopic (exact) mass is 665 g/mol. The summed E-state index contributed by atoms with van der Waals surface area (Å²) in [6.07, 6.45) is 7.00. The molecule has 9 aromatic rings. The molecule has 6 aromatic carbocycles. The molecule has 0 bridgehead atoms. The first-order chi connectivity index (χ1) is 25.7. The number of hydrogen-bond donors (Lipinski definition) is 0. The second-order valence-corrected chi connectivity index (χ2v) is 13.3. The second-order valence-electron chi connectivity index (χ2n) is 13.3. The van der Waals surface area contributed by atoms with Crippen LogP contribution in [0.15, 0.2) is 170 Å². The van der Waals surface area contributed by atoms with Crippen LogP contribution in [0.2, 0.25) is 0 Å². The summed E-state index contributed by atoms with van der Waals surface area (Å²) in [7, 11) is 0. The molecule has 0 aliphatic heterocycles. The molecule has 5 heteroatoms. The van der Waals surface area contributed by atoms with Crippen LogP contribution in [0, 0.1) is 17.2 Å². The molecule has 0 N–H and O–H groups in total. The lowest BCUT2D eigenvalue weighted by molar-refractivity contribution is 0.834. The molecule has 1 atom stereocenters. The smallest absolute Gasteiger partial charge is 0.235 e. The summed E-state index contributed by atoms with van der Waals surface area (Å²) < 4.78 is 4.54. The number of para-hydroxylation sites is 2. The summed E-state index contributed by atoms with van der Waals surface area (Å²) in [5.74, 6) is 0.553. The Morgan fingerprint density at radius 1 is 0.538 bits per heavy atom. The molecule has 244 valence electrons. The fraction of sp³-hybridized carbons (Fsp3) is 0.0426. The van der Waals surface area contributed by atoms with Crippen LogP contribution in [0.5, 0.6) is 0 Å². The first-order valence-electron chi connectivity index (χ1n) is 17.6. The Bertz CT molecular complexity index is 2880. The third kappa shape index (κ3) is 4.77. The minimum atomic E-state index is -0.0813. The Hall–Kier alpha value is -7.03. The van der Waals surface area contributed by atoms with E-state index in [-0.39, 0.29) is 5.92 Å². The Labute approximate surface area is 300 Å². The lowest BCUT2D eigenvalue weighted by Gasteiger charge is -2.14. The van der Waals surface area contributed by atoms with Gasteiger partial charge < -0.3 is 4.57 Å². The zero-order chi connectivity index (χ0) is 34.6. The van der Waals surface area contributed by atoms with Gasteiger partial charge in [-0.15, -0.1) is 0 Å². The molecule has 0 amide bonds. The molecule has 5 nitrogen and oxygen atoms in total. The van der Waals surface area contributed by atoms with Gasteiger partial charge in [-0.05, 0) is 60.0 Å². The Morgan fingerprint density at radius 3 is 1.83 bits per heavy atom. The van der Waals surface area contributed by atoms with Crippen molar-refractivity contribution in [2.24, 2.45) is 5.92 Å². The zero-order valence-corrected chi connectivity index (χ0v) is 28.2. The van der Waals surface area contributed by atoms with E-state index in [9.17, 15) is 5.26 Å². The number of rotatable bonds is 5. The maximum atomic E-state index is 9.47. The van der Waals surface area contributed by atoms with Gasteiger partial charge >= 0.3 is 0 Å². The van der Waals surface area contributed by atoms with Gasteiger partial charge in [0.1, 0.15) is 0 Å². The SMILES string of the molecule is N#CC1C=CC(n2c3ccccc3c3cc(-c4cccc5c4c4ccccc4n5-c4nc(-c5ccccc5)cc(-c5ccccc5)n4)ccc32)=CC1. The van der Waals surface area contributed by atoms with Gasteiger partial charge in [-0.2, -0.15) is 5.26 Å². The molecular weight excluding hydrogens is 635 g/mol. The van der Waals surface area contributed by atoms with Crippen molar-refractivity contribution in [1.82, 2.24) is 19.1 Å². The number of nitrogens with zero attached hydrogens (tertiary/aromatic N) is 5. The summed E-state index contributed by atoms with van der Waals surface area (Å²) >= 11 is 0. The second kappa shape index (κ2) is 12.1. The molecule has 0 radical (unpaired) electrons. The number of hydrogen-bond acceptors (Lipinski definition) is 3. The zero-order valence-electron chi connectivity index (χ0n) is 28.2. The van der Waals surface area contributed by atoms with Crippen LogP contribution < -0.4 is 0 Å². The van der Waals surface area contributed by atoms with Gasteiger partial charge in [0.05, 0.1) is 45.4 Å². The fourth-order valence-electron chi connectivity index (χ4n) is 7.81. The topological polar surface area (TPSA) is 59.4 Å². The summed E-state index contributed by atoms with van der Waals surface area (Å²) in [4.78, 5) is 10.5. The summed E-state index contributed by atoms with van der Waals surface area (Å²) in [5.41, 5.74) is 11.6. The van der Waals surface area contributed by atoms with Crippen molar-refractivity contribution in [3.63, 3.8) is 0 Å². The quantitative estimate of drug-likeness (QED) is 0.184. The number of allylic oxidation sites excluding steroid dienone is 4. The van der Waals surface area contributed by atoms with E-state index in [1.807, 2.05) is 42.5 Å². The van der Waals surface area contributed by atoms with Crippen LogP contribution in [0.25, 0.3) is 88.9 Å². The number of benzene rings is 6. The van der Waals surface area contributed by atoms with Gasteiger partial charge in [-0.3, -0.25) is 4.57 Å². The van der Waals surface area contributed by atoms with E-state index in [1.165, 1.54) is 10.8 Å². The highest BCUT2D eigenvalue weighted by atomic mass is 15.2. The molecule has 1 aliphatic rings. The normalized spacial score (nSPS) is 14.3. The maximum absolute atomic E-state index is 9.47. The highest BCUT2D eigenvalue weighted by molar-refractivity contribution is 6.17. The largest absolute Gasteiger partial charge is 0.310 e. The third-order valence-electron chi connectivity index (χ3n) is 10.2. The first-order valence-corrected chi connectivity index (χ1v) is 17.6. The highest BCUT2D eigenvalue weighted by Crippen LogP contribution is 2.41. The van der Waals surface area contributed by atoms with Crippen molar-refractivity contribution in [2.45, 2.75) is 6.42 Å². The minimum Gasteiger partial charge on any atom is -0.310 e. The summed E-state index contributed by atoms with van der Waals surface area (Å²) in [6.45, 7) is 0. The van der Waals surface area contributed by atoms with Crippen molar-refractivity contribution >= 4 is 49.3 Å². The van der Waals surface area contributed by atoms with E-state index in [0.29, 0.717) is 12.4 Å². The molecule has 52 heavy (non-hydrogen) atoms. The van der Waals surface area contributed by atoms with Crippen molar-refractivity contribution in [3.8, 4) is 45.7 Å². The molecule has 0 saturated heterocycles. The molecule has 3 aromatic heterocycles. The third-order valence-corrected chi connectivity index (χ3v) is 10.2. The van der Waals surface area contributed by atoms with Gasteiger partial charge in [0.2, 0.25) is 5.95 Å². The highest BCUT2D eigenvalue weighted by Gasteiger charge is 2.21. The standard InChI is InChI=1S/C47H31N5/c48-30-31-22-25-35(26-23-31)51-42-19-9-7-16-37(42)39-28-34(24-27-44(39)51)36-18-11-21-45-46(36)38-17-8-10-20-43(38)52(45)47-49-40(32-12-3-1-4-13-32)29-41(50-47)33-14-5-2-6-15-33/h1-22,24-29,31H,23H2. The summed E-state index contributed by atoms with van der Waals surface area (Å²) in [6, 6.07) is 55.6. The average molecular weight is 666 g/mol. The van der Waals surface area contributed by atoms with E-state index < -0.39 is 0 Å². The van der Waals surface area contributed by atoms with Gasteiger partial charge in [0.25, 0.3) is 0 Å². The molecule has 3 heterocycles. The van der Waals surface area contributed by atoms with Crippen LogP contribution in [0.1, 0.15) is 6.42 Å². The Kier molecular flexibility index (Phi) is 6.94. The van der Waals surface area contributed by atoms with Crippen LogP contribution in [-0.2, 0) is 0 Å². The molecule has 1 unspecified atom stereocenters. The van der Waals surface area contributed by atoms with E-state index in [4.69, 9.17) is 9.97 Å². The van der Waals surface area contributed by atoms with E-state index in [0.717, 1.165) is 72.2 Å². The van der Waals surface area contributed by atoms with Crippen molar-refractivity contribution in [2.75, 3.05) is 0 Å². The first kappa shape index (κ1) is 29.8. The van der Waals surface area contributed by atoms with Gasteiger partial charge in [-0.1, -0.05) is 127 Å². The van der Waals surface area contributed by atoms with Gasteiger partial charge in [0, 0.05) is 38.4 Å². The van der Waals surface area contributed by atoms with Crippen LogP contribution in [0.3, 0.4) is 0 Å². The van der Waals surface area contributed by atoms with Gasteiger partial charge in [-0.25, -0.2) is 9.97 Å². The van der Waals surface area contributed by atoms with Crippen molar-refractivity contribution < 1.29 is 0 Å². The maximum Gasteiger partial charge on any atom is 0.235 e. The van der Waals surface area contributed by atoms with E-state index in [2.05, 4.69) is 143 Å². The predicted molar refractivity (Wildman–Crippen MR) is 213 cm³/mol. The Balaban J connectivity index is 1.20. The number of fused-ring (bicyclic) bond motifs is 6. The minimum absolute atomic E-state index is 0.0813. The van der Waals surface area contributed by atoms with E-state index in [1.54, 1.807) is 0 Å². The van der Waals surface area contributed by atoms with Crippen LogP contribution in [0.4, 0.5) is 0 Å². The van der Waals surface area contributed by atoms with Crippen molar-refractivity contribution in [1.29, 1.82) is 5.26 Å². The Morgan fingerprint density at radius 2 is 1.15 bits per heavy atom.